The van der Waals surface area contributed by atoms with Crippen molar-refractivity contribution in [2.24, 2.45) is 0 Å². The lowest BCUT2D eigenvalue weighted by molar-refractivity contribution is -0.137. The van der Waals surface area contributed by atoms with Crippen molar-refractivity contribution in [3.8, 4) is 34.4 Å². The number of benzene rings is 3. The highest BCUT2D eigenvalue weighted by Crippen LogP contribution is 2.38. The second-order valence-corrected chi connectivity index (χ2v) is 9.78. The van der Waals surface area contributed by atoms with Crippen LogP contribution in [0.2, 0.25) is 5.02 Å². The zero-order valence-electron chi connectivity index (χ0n) is 22.2. The number of hydrogen-bond acceptors (Lipinski definition) is 8. The predicted molar refractivity (Wildman–Crippen MR) is 150 cm³/mol. The van der Waals surface area contributed by atoms with Gasteiger partial charge < -0.3 is 24.7 Å². The minimum absolute atomic E-state index is 0.00638. The first-order valence-electron chi connectivity index (χ1n) is 12.9. The Kier molecular flexibility index (Phi) is 8.67. The summed E-state index contributed by atoms with van der Waals surface area (Å²) in [6, 6.07) is 13.5. The average molecular weight is 589 g/mol. The molecule has 8 nitrogen and oxygen atoms in total. The fourth-order valence-corrected chi connectivity index (χ4v) is 4.67. The number of aromatic nitrogens is 2. The van der Waals surface area contributed by atoms with Crippen molar-refractivity contribution in [3.63, 3.8) is 0 Å². The second-order valence-electron chi connectivity index (χ2n) is 9.37. The summed E-state index contributed by atoms with van der Waals surface area (Å²) in [7, 11) is 1.56. The molecule has 2 heterocycles. The van der Waals surface area contributed by atoms with E-state index in [9.17, 15) is 13.2 Å². The molecule has 0 amide bonds. The lowest BCUT2D eigenvalue weighted by Crippen LogP contribution is -2.37. The number of fused-ring (bicyclic) bond motifs is 1. The molecule has 0 spiro atoms. The van der Waals surface area contributed by atoms with Gasteiger partial charge in [-0.25, -0.2) is 9.97 Å². The highest BCUT2D eigenvalue weighted by molar-refractivity contribution is 6.31. The summed E-state index contributed by atoms with van der Waals surface area (Å²) < 4.78 is 62.1. The maximum absolute atomic E-state index is 13.2. The van der Waals surface area contributed by atoms with Gasteiger partial charge >= 0.3 is 6.18 Å². The molecule has 12 heteroatoms. The van der Waals surface area contributed by atoms with Gasteiger partial charge in [0.1, 0.15) is 17.3 Å². The average Bonchev–Trinajstić information content (AvgIpc) is 2.96. The van der Waals surface area contributed by atoms with Gasteiger partial charge in [-0.3, -0.25) is 4.90 Å². The SMILES string of the molecule is COc1cc2nc(-c3ccc(Oc4ccc(Cl)c(C(F)(F)F)c4)cc3)nc(N)c2cc1OCCCN1CCOCC1. The van der Waals surface area contributed by atoms with Gasteiger partial charge in [-0.15, -0.1) is 0 Å². The number of nitrogens with two attached hydrogens (primary N) is 1. The monoisotopic (exact) mass is 588 g/mol. The zero-order valence-corrected chi connectivity index (χ0v) is 23.0. The first kappa shape index (κ1) is 28.7. The molecule has 1 fully saturated rings. The van der Waals surface area contributed by atoms with Crippen LogP contribution in [-0.4, -0.2) is 61.4 Å². The first-order chi connectivity index (χ1) is 19.7. The minimum atomic E-state index is -4.59. The van der Waals surface area contributed by atoms with Crippen molar-refractivity contribution in [2.45, 2.75) is 12.6 Å². The van der Waals surface area contributed by atoms with Gasteiger partial charge in [0.2, 0.25) is 0 Å². The summed E-state index contributed by atoms with van der Waals surface area (Å²) in [5.74, 6) is 2.06. The van der Waals surface area contributed by atoms with Crippen molar-refractivity contribution in [1.29, 1.82) is 0 Å². The zero-order chi connectivity index (χ0) is 29.0. The molecule has 2 N–H and O–H groups in total. The van der Waals surface area contributed by atoms with Gasteiger partial charge in [0.15, 0.2) is 17.3 Å². The van der Waals surface area contributed by atoms with Gasteiger partial charge in [0.25, 0.3) is 0 Å². The molecule has 0 bridgehead atoms. The third kappa shape index (κ3) is 6.92. The third-order valence-corrected chi connectivity index (χ3v) is 6.91. The van der Waals surface area contributed by atoms with Crippen molar-refractivity contribution >= 4 is 28.3 Å². The van der Waals surface area contributed by atoms with Crippen molar-refractivity contribution < 1.29 is 32.1 Å². The Balaban J connectivity index is 1.30. The van der Waals surface area contributed by atoms with Crippen molar-refractivity contribution in [3.05, 3.63) is 65.2 Å². The smallest absolute Gasteiger partial charge is 0.417 e. The van der Waals surface area contributed by atoms with Crippen LogP contribution >= 0.6 is 11.6 Å². The summed E-state index contributed by atoms with van der Waals surface area (Å²) in [5.41, 5.74) is 6.55. The molecule has 3 aromatic carbocycles. The Hall–Kier alpha value is -3.80. The van der Waals surface area contributed by atoms with Gasteiger partial charge in [-0.1, -0.05) is 11.6 Å². The number of ether oxygens (including phenoxy) is 4. The van der Waals surface area contributed by atoms with Gasteiger partial charge in [0.05, 0.1) is 43.0 Å². The van der Waals surface area contributed by atoms with Crippen LogP contribution in [0.25, 0.3) is 22.3 Å². The molecule has 41 heavy (non-hydrogen) atoms. The van der Waals surface area contributed by atoms with Gasteiger partial charge in [0, 0.05) is 36.7 Å². The number of methoxy groups -OCH3 is 1. The van der Waals surface area contributed by atoms with Gasteiger partial charge in [-0.2, -0.15) is 13.2 Å². The largest absolute Gasteiger partial charge is 0.493 e. The molecule has 216 valence electrons. The highest BCUT2D eigenvalue weighted by Gasteiger charge is 2.33. The number of hydrogen-bond donors (Lipinski definition) is 1. The predicted octanol–water partition coefficient (Wildman–Crippen LogP) is 6.45. The Morgan fingerprint density at radius 2 is 1.71 bits per heavy atom. The molecule has 1 saturated heterocycles. The molecular formula is C29H28ClF3N4O4. The summed E-state index contributed by atoms with van der Waals surface area (Å²) >= 11 is 5.69. The summed E-state index contributed by atoms with van der Waals surface area (Å²) in [4.78, 5) is 11.5. The van der Waals surface area contributed by atoms with E-state index in [0.29, 0.717) is 46.1 Å². The highest BCUT2D eigenvalue weighted by atomic mass is 35.5. The van der Waals surface area contributed by atoms with Gasteiger partial charge in [-0.05, 0) is 55.0 Å². The maximum Gasteiger partial charge on any atom is 0.417 e. The van der Waals surface area contributed by atoms with E-state index < -0.39 is 16.8 Å². The van der Waals surface area contributed by atoms with E-state index in [1.165, 1.54) is 6.07 Å². The second kappa shape index (κ2) is 12.4. The van der Waals surface area contributed by atoms with Crippen molar-refractivity contribution in [1.82, 2.24) is 14.9 Å². The summed E-state index contributed by atoms with van der Waals surface area (Å²) in [5, 5.41) is 0.228. The molecule has 0 aliphatic carbocycles. The number of nitrogen functional groups attached to an aromatic ring is 1. The molecule has 1 aliphatic heterocycles. The minimum Gasteiger partial charge on any atom is -0.493 e. The topological polar surface area (TPSA) is 92.0 Å². The Labute approximate surface area is 239 Å². The van der Waals surface area contributed by atoms with Crippen molar-refractivity contribution in [2.75, 3.05) is 52.3 Å². The van der Waals surface area contributed by atoms with Crippen LogP contribution in [0.15, 0.2) is 54.6 Å². The van der Waals surface area contributed by atoms with Crippen LogP contribution in [0.3, 0.4) is 0 Å². The van der Waals surface area contributed by atoms with Crippen LogP contribution in [0.5, 0.6) is 23.0 Å². The molecule has 4 aromatic rings. The normalized spacial score (nSPS) is 14.3. The quantitative estimate of drug-likeness (QED) is 0.223. The van der Waals surface area contributed by atoms with Crippen LogP contribution in [-0.2, 0) is 10.9 Å². The third-order valence-electron chi connectivity index (χ3n) is 6.58. The maximum atomic E-state index is 13.2. The fraction of sp³-hybridized carbons (Fsp3) is 0.310. The number of nitrogens with zero attached hydrogens (tertiary/aromatic N) is 3. The standard InChI is InChI=1S/C29H28ClF3N4O4/c1-38-25-17-24-21(16-26(25)40-12-2-9-37-10-13-39-14-11-37)27(34)36-28(35-24)18-3-5-19(6-4-18)41-20-7-8-23(30)22(15-20)29(31,32)33/h3-8,15-17H,2,9-14H2,1H3,(H2,34,35,36). The Bertz CT molecular complexity index is 1510. The summed E-state index contributed by atoms with van der Waals surface area (Å²) in [6.07, 6.45) is -3.74. The lowest BCUT2D eigenvalue weighted by atomic mass is 10.1. The number of anilines is 1. The summed E-state index contributed by atoms with van der Waals surface area (Å²) in [6.45, 7) is 4.81. The van der Waals surface area contributed by atoms with Crippen LogP contribution in [0.1, 0.15) is 12.0 Å². The molecule has 0 radical (unpaired) electrons. The number of rotatable bonds is 9. The Morgan fingerprint density at radius 1 is 0.976 bits per heavy atom. The first-order valence-corrected chi connectivity index (χ1v) is 13.3. The molecule has 0 saturated carbocycles. The molecule has 5 rings (SSSR count). The number of morpholine rings is 1. The van der Waals surface area contributed by atoms with Crippen LogP contribution in [0, 0.1) is 0 Å². The van der Waals surface area contributed by atoms with E-state index in [4.69, 9.17) is 36.3 Å². The molecule has 1 aliphatic rings. The lowest BCUT2D eigenvalue weighted by Gasteiger charge is -2.26. The van der Waals surface area contributed by atoms with E-state index in [1.807, 2.05) is 0 Å². The molecule has 0 unspecified atom stereocenters. The van der Waals surface area contributed by atoms with E-state index in [0.717, 1.165) is 51.4 Å². The molecule has 1 aromatic heterocycles. The van der Waals surface area contributed by atoms with Crippen LogP contribution in [0.4, 0.5) is 19.0 Å². The molecule has 0 atom stereocenters. The van der Waals surface area contributed by atoms with Crippen LogP contribution < -0.4 is 19.9 Å². The van der Waals surface area contributed by atoms with E-state index in [2.05, 4.69) is 14.9 Å². The Morgan fingerprint density at radius 3 is 2.41 bits per heavy atom. The van der Waals surface area contributed by atoms with E-state index in [1.54, 1.807) is 43.5 Å². The number of alkyl halides is 3. The number of halogens is 4. The van der Waals surface area contributed by atoms with E-state index in [-0.39, 0.29) is 11.6 Å². The van der Waals surface area contributed by atoms with E-state index >= 15 is 0 Å². The molecular weight excluding hydrogens is 561 g/mol. The fourth-order valence-electron chi connectivity index (χ4n) is 4.45.